The van der Waals surface area contributed by atoms with Crippen LogP contribution in [0.25, 0.3) is 0 Å². The molecule has 2 N–H and O–H groups in total. The van der Waals surface area contributed by atoms with Gasteiger partial charge in [-0.1, -0.05) is 20.8 Å². The number of hydrogen-bond donors (Lipinski definition) is 2. The van der Waals surface area contributed by atoms with E-state index in [2.05, 4.69) is 5.32 Å². The number of thioether (sulfide) groups is 1. The molecule has 1 rings (SSSR count). The predicted molar refractivity (Wildman–Crippen MR) is 64.6 cm³/mol. The van der Waals surface area contributed by atoms with Crippen molar-refractivity contribution in [3.63, 3.8) is 0 Å². The Morgan fingerprint density at radius 2 is 1.94 bits per heavy atom. The van der Waals surface area contributed by atoms with Crippen molar-refractivity contribution in [1.29, 1.82) is 0 Å². The third kappa shape index (κ3) is 3.40. The highest BCUT2D eigenvalue weighted by Crippen LogP contribution is 2.32. The van der Waals surface area contributed by atoms with Gasteiger partial charge in [-0.15, -0.1) is 11.8 Å². The van der Waals surface area contributed by atoms with Gasteiger partial charge in [0.05, 0.1) is 5.75 Å². The highest BCUT2D eigenvalue weighted by atomic mass is 32.2. The first kappa shape index (κ1) is 13.4. The minimum Gasteiger partial charge on any atom is -0.480 e. The van der Waals surface area contributed by atoms with Gasteiger partial charge in [-0.3, -0.25) is 4.79 Å². The molecule has 92 valence electrons. The Morgan fingerprint density at radius 1 is 1.38 bits per heavy atom. The van der Waals surface area contributed by atoms with Crippen molar-refractivity contribution < 1.29 is 14.7 Å². The molecule has 0 spiro atoms. The van der Waals surface area contributed by atoms with Crippen LogP contribution >= 0.6 is 11.8 Å². The van der Waals surface area contributed by atoms with E-state index in [0.29, 0.717) is 18.6 Å². The molecule has 1 amide bonds. The monoisotopic (exact) mass is 245 g/mol. The van der Waals surface area contributed by atoms with Crippen molar-refractivity contribution in [2.24, 2.45) is 0 Å². The third-order valence-electron chi connectivity index (χ3n) is 2.63. The van der Waals surface area contributed by atoms with E-state index < -0.39 is 11.5 Å². The van der Waals surface area contributed by atoms with E-state index in [1.165, 1.54) is 11.8 Å². The van der Waals surface area contributed by atoms with E-state index >= 15 is 0 Å². The second-order valence-electron chi connectivity index (χ2n) is 5.19. The highest BCUT2D eigenvalue weighted by Gasteiger charge is 2.45. The standard InChI is InChI=1S/C11H19NO3S/c1-10(2,3)16-7-8(13)12-11(9(14)15)5-4-6-11/h4-7H2,1-3H3,(H,12,13)(H,14,15). The molecule has 0 aliphatic heterocycles. The number of carbonyl (C=O) groups is 2. The number of hydrogen-bond acceptors (Lipinski definition) is 3. The van der Waals surface area contributed by atoms with E-state index in [0.717, 1.165) is 6.42 Å². The van der Waals surface area contributed by atoms with Crippen LogP contribution in [0.5, 0.6) is 0 Å². The average molecular weight is 245 g/mol. The Balaban J connectivity index is 2.42. The van der Waals surface area contributed by atoms with Crippen molar-refractivity contribution in [3.05, 3.63) is 0 Å². The first-order valence-corrected chi connectivity index (χ1v) is 6.42. The summed E-state index contributed by atoms with van der Waals surface area (Å²) in [7, 11) is 0. The van der Waals surface area contributed by atoms with E-state index in [9.17, 15) is 9.59 Å². The molecule has 0 radical (unpaired) electrons. The molecule has 0 atom stereocenters. The van der Waals surface area contributed by atoms with Crippen molar-refractivity contribution in [1.82, 2.24) is 5.32 Å². The largest absolute Gasteiger partial charge is 0.480 e. The molecule has 0 bridgehead atoms. The number of aliphatic carboxylic acids is 1. The molecule has 5 heteroatoms. The minimum absolute atomic E-state index is 0.0212. The van der Waals surface area contributed by atoms with Crippen LogP contribution < -0.4 is 5.32 Å². The Hall–Kier alpha value is -0.710. The Kier molecular flexibility index (Phi) is 3.88. The summed E-state index contributed by atoms with van der Waals surface area (Å²) in [4.78, 5) is 22.6. The van der Waals surface area contributed by atoms with Gasteiger partial charge in [0, 0.05) is 4.75 Å². The van der Waals surface area contributed by atoms with E-state index in [1.54, 1.807) is 0 Å². The van der Waals surface area contributed by atoms with E-state index in [1.807, 2.05) is 20.8 Å². The topological polar surface area (TPSA) is 66.4 Å². The second-order valence-corrected chi connectivity index (χ2v) is 6.99. The zero-order valence-electron chi connectivity index (χ0n) is 10.0. The van der Waals surface area contributed by atoms with Crippen LogP contribution in [-0.4, -0.2) is 33.0 Å². The van der Waals surface area contributed by atoms with Crippen LogP contribution in [0.2, 0.25) is 0 Å². The van der Waals surface area contributed by atoms with E-state index in [-0.39, 0.29) is 10.7 Å². The Morgan fingerprint density at radius 3 is 2.25 bits per heavy atom. The molecule has 0 aromatic rings. The van der Waals surface area contributed by atoms with Crippen molar-refractivity contribution in [2.45, 2.75) is 50.3 Å². The number of carboxylic acids is 1. The molecule has 0 aromatic heterocycles. The van der Waals surface area contributed by atoms with Gasteiger partial charge >= 0.3 is 5.97 Å². The summed E-state index contributed by atoms with van der Waals surface area (Å²) in [5.74, 6) is -0.770. The van der Waals surface area contributed by atoms with Gasteiger partial charge in [-0.2, -0.15) is 0 Å². The van der Waals surface area contributed by atoms with Gasteiger partial charge in [-0.25, -0.2) is 4.79 Å². The van der Waals surface area contributed by atoms with Gasteiger partial charge in [0.2, 0.25) is 5.91 Å². The molecule has 4 nitrogen and oxygen atoms in total. The van der Waals surface area contributed by atoms with Crippen LogP contribution in [-0.2, 0) is 9.59 Å². The van der Waals surface area contributed by atoms with Crippen molar-refractivity contribution in [3.8, 4) is 0 Å². The maximum absolute atomic E-state index is 11.6. The summed E-state index contributed by atoms with van der Waals surface area (Å²) in [5.41, 5.74) is -0.977. The first-order chi connectivity index (χ1) is 7.25. The summed E-state index contributed by atoms with van der Waals surface area (Å²) in [6.07, 6.45) is 1.97. The molecule has 0 saturated heterocycles. The summed E-state index contributed by atoms with van der Waals surface area (Å²) in [6.45, 7) is 6.09. The third-order valence-corrected chi connectivity index (χ3v) is 3.90. The zero-order valence-corrected chi connectivity index (χ0v) is 10.8. The smallest absolute Gasteiger partial charge is 0.329 e. The molecule has 1 saturated carbocycles. The summed E-state index contributed by atoms with van der Waals surface area (Å²) in [5, 5.41) is 11.7. The number of nitrogens with one attached hydrogen (secondary N) is 1. The predicted octanol–water partition coefficient (Wildman–Crippen LogP) is 1.64. The SMILES string of the molecule is CC(C)(C)SCC(=O)NC1(C(=O)O)CCC1. The molecule has 0 heterocycles. The molecule has 1 aliphatic rings. The second kappa shape index (κ2) is 4.65. The van der Waals surface area contributed by atoms with Gasteiger partial charge in [0.15, 0.2) is 0 Å². The molecular weight excluding hydrogens is 226 g/mol. The van der Waals surface area contributed by atoms with E-state index in [4.69, 9.17) is 5.11 Å². The van der Waals surface area contributed by atoms with Gasteiger partial charge in [0.25, 0.3) is 0 Å². The van der Waals surface area contributed by atoms with Crippen LogP contribution in [0.4, 0.5) is 0 Å². The van der Waals surface area contributed by atoms with Crippen molar-refractivity contribution >= 4 is 23.6 Å². The minimum atomic E-state index is -0.977. The van der Waals surface area contributed by atoms with Crippen LogP contribution in [0.1, 0.15) is 40.0 Å². The normalized spacial score (nSPS) is 18.7. The number of carbonyl (C=O) groups excluding carboxylic acids is 1. The molecule has 1 fully saturated rings. The lowest BCUT2D eigenvalue weighted by Crippen LogP contribution is -2.59. The lowest BCUT2D eigenvalue weighted by Gasteiger charge is -2.38. The zero-order chi connectivity index (χ0) is 12.4. The molecule has 0 aromatic carbocycles. The maximum atomic E-state index is 11.6. The quantitative estimate of drug-likeness (QED) is 0.790. The van der Waals surface area contributed by atoms with Crippen molar-refractivity contribution in [2.75, 3.05) is 5.75 Å². The number of rotatable bonds is 4. The molecule has 1 aliphatic carbocycles. The molecule has 0 unspecified atom stereocenters. The lowest BCUT2D eigenvalue weighted by atomic mass is 9.77. The molecular formula is C11H19NO3S. The maximum Gasteiger partial charge on any atom is 0.329 e. The summed E-state index contributed by atoms with van der Waals surface area (Å²) < 4.78 is 0.0212. The Bertz CT molecular complexity index is 292. The van der Waals surface area contributed by atoms with Gasteiger partial charge in [0.1, 0.15) is 5.54 Å². The van der Waals surface area contributed by atoms with Crippen LogP contribution in [0.3, 0.4) is 0 Å². The Labute approximate surface area is 100 Å². The van der Waals surface area contributed by atoms with Gasteiger partial charge in [-0.05, 0) is 19.3 Å². The molecule has 16 heavy (non-hydrogen) atoms. The van der Waals surface area contributed by atoms with Crippen LogP contribution in [0.15, 0.2) is 0 Å². The summed E-state index contributed by atoms with van der Waals surface area (Å²) >= 11 is 1.52. The highest BCUT2D eigenvalue weighted by molar-refractivity contribution is 8.01. The first-order valence-electron chi connectivity index (χ1n) is 5.44. The number of carboxylic acid groups (broad SMARTS) is 1. The summed E-state index contributed by atoms with van der Waals surface area (Å²) in [6, 6.07) is 0. The lowest BCUT2D eigenvalue weighted by molar-refractivity contribution is -0.151. The fraction of sp³-hybridized carbons (Fsp3) is 0.818. The van der Waals surface area contributed by atoms with Crippen LogP contribution in [0, 0.1) is 0 Å². The van der Waals surface area contributed by atoms with Gasteiger partial charge < -0.3 is 10.4 Å². The number of amides is 1. The fourth-order valence-corrected chi connectivity index (χ4v) is 2.14. The average Bonchev–Trinajstić information content (AvgIpc) is 2.06. The fourth-order valence-electron chi connectivity index (χ4n) is 1.51.